The predicted octanol–water partition coefficient (Wildman–Crippen LogP) is 9.63. The molecule has 4 atom stereocenters. The number of halogens is 6. The quantitative estimate of drug-likeness (QED) is 0.0447. The molecule has 2 aromatic carbocycles. The van der Waals surface area contributed by atoms with E-state index in [0.717, 1.165) is 53.1 Å². The Balaban J connectivity index is 0.000000513. The minimum absolute atomic E-state index is 0. The molecule has 4 aromatic rings. The van der Waals surface area contributed by atoms with Gasteiger partial charge in [0.1, 0.15) is 29.3 Å². The smallest absolute Gasteiger partial charge is 0.417 e. The van der Waals surface area contributed by atoms with Crippen LogP contribution in [0.2, 0.25) is 61.5 Å². The summed E-state index contributed by atoms with van der Waals surface area (Å²) in [6.45, 7) is 35.2. The van der Waals surface area contributed by atoms with Crippen molar-refractivity contribution in [2.24, 2.45) is 0 Å². The number of aromatic nitrogens is 3. The van der Waals surface area contributed by atoms with Crippen molar-refractivity contribution < 1.29 is 75.2 Å². The maximum absolute atomic E-state index is 12.6. The normalized spacial score (nSPS) is 18.9. The molecule has 0 saturated carbocycles. The second-order valence-electron chi connectivity index (χ2n) is 21.1. The number of hydrogen-bond donors (Lipinski definition) is 0. The van der Waals surface area contributed by atoms with Crippen molar-refractivity contribution in [2.45, 2.75) is 167 Å². The molecule has 2 aromatic heterocycles. The van der Waals surface area contributed by atoms with Crippen molar-refractivity contribution in [3.05, 3.63) is 96.7 Å². The van der Waals surface area contributed by atoms with Crippen LogP contribution in [-0.2, 0) is 50.3 Å². The molecule has 0 aliphatic carbocycles. The first kappa shape index (κ1) is 71.8. The van der Waals surface area contributed by atoms with Gasteiger partial charge in [-0.25, -0.2) is 15.0 Å². The van der Waals surface area contributed by atoms with E-state index in [1.807, 2.05) is 18.2 Å². The Kier molecular flexibility index (Phi) is 31.4. The second-order valence-corrected chi connectivity index (χ2v) is 33.5. The van der Waals surface area contributed by atoms with Gasteiger partial charge in [-0.05, 0) is 105 Å². The maximum atomic E-state index is 12.6. The van der Waals surface area contributed by atoms with Crippen molar-refractivity contribution in [3.63, 3.8) is 0 Å². The first-order valence-electron chi connectivity index (χ1n) is 24.4. The zero-order valence-electron chi connectivity index (χ0n) is 47.0. The molecule has 74 heavy (non-hydrogen) atoms. The number of hydroxylamine groups is 2. The number of likely N-dealkylation sites (N-methyl/N-ethyl adjacent to an activating group) is 1. The van der Waals surface area contributed by atoms with Crippen LogP contribution in [0.5, 0.6) is 0 Å². The zero-order valence-corrected chi connectivity index (χ0v) is 54.3. The molecular weight excluding hydrogens is 1140 g/mol. The fourth-order valence-corrected chi connectivity index (χ4v) is 10.2. The third kappa shape index (κ3) is 21.4. The first-order chi connectivity index (χ1) is 33.4. The summed E-state index contributed by atoms with van der Waals surface area (Å²) in [5.74, 6) is -1.19. The topological polar surface area (TPSA) is 116 Å². The van der Waals surface area contributed by atoms with Gasteiger partial charge in [-0.1, -0.05) is 111 Å². The Labute approximate surface area is 502 Å². The number of amides is 1. The van der Waals surface area contributed by atoms with Crippen LogP contribution in [0.25, 0.3) is 11.0 Å². The van der Waals surface area contributed by atoms with E-state index >= 15 is 0 Å². The van der Waals surface area contributed by atoms with Crippen LogP contribution in [0.4, 0.5) is 0 Å². The number of ether oxygens (including phenoxy) is 4. The number of rotatable bonds is 12. The van der Waals surface area contributed by atoms with E-state index in [1.54, 1.807) is 36.7 Å². The standard InChI is InChI=1S/C16H19ClN4O5.C14H21BrCl2OSi.C14H21Cl2OSi.C4H8O.C4H9.2Li/c1-16(2)25-9-10(14(22)20(3)23-4)24-15(11(9)26-16)21-6-5-8-12(17)18-7-19-13(8)21;1-14(2,3)19(4,5)18-7-6-10-8-12(16)13(17)9-11(10)15;1-14(2,3)18(4,5)17-9-8-11-6-7-12(15)13(16)10-11;1-2-4-5-3-1;1-3-4-2;;/h5-7,9-11,15H,1-4H3;8-9H,6-7H2,1-5H3;7,10H,8-9H2,1-5H3;1-4H2;1,3-4H2,2H3;;/q;;-1;;-1;2*+1/t9-,10+,11-,15?;;;;;;/m1....../s1. The summed E-state index contributed by atoms with van der Waals surface area (Å²) in [7, 11) is -0.398. The Bertz CT molecular complexity index is 2330. The van der Waals surface area contributed by atoms with E-state index in [1.165, 1.54) is 39.7 Å². The van der Waals surface area contributed by atoms with E-state index in [0.29, 0.717) is 49.5 Å². The van der Waals surface area contributed by atoms with Crippen LogP contribution in [0.3, 0.4) is 0 Å². The number of fused-ring (bicyclic) bond motifs is 2. The third-order valence-corrected chi connectivity index (χ3v) is 24.6. The monoisotopic (exact) mass is 1210 g/mol. The van der Waals surface area contributed by atoms with E-state index < -0.39 is 47.0 Å². The molecule has 3 saturated heterocycles. The molecule has 0 N–H and O–H groups in total. The van der Waals surface area contributed by atoms with Gasteiger partial charge in [0.15, 0.2) is 34.8 Å². The predicted molar refractivity (Wildman–Crippen MR) is 304 cm³/mol. The molecule has 0 bridgehead atoms. The summed E-state index contributed by atoms with van der Waals surface area (Å²) in [6.07, 6.45) is 7.12. The van der Waals surface area contributed by atoms with Gasteiger partial charge in [0.2, 0.25) is 0 Å². The summed E-state index contributed by atoms with van der Waals surface area (Å²) >= 11 is 33.5. The fraction of sp³-hybridized carbons (Fsp3) is 0.615. The van der Waals surface area contributed by atoms with E-state index in [2.05, 4.69) is 114 Å². The largest absolute Gasteiger partial charge is 1.00 e. The van der Waals surface area contributed by atoms with Gasteiger partial charge in [0.25, 0.3) is 5.91 Å². The van der Waals surface area contributed by atoms with Gasteiger partial charge < -0.3 is 39.3 Å². The Morgan fingerprint density at radius 1 is 0.878 bits per heavy atom. The molecule has 3 fully saturated rings. The minimum Gasteiger partial charge on any atom is -0.417 e. The zero-order chi connectivity index (χ0) is 54.4. The minimum atomic E-state index is -1.68. The number of nitrogens with zero attached hydrogens (tertiary/aromatic N) is 4. The molecule has 1 amide bonds. The third-order valence-electron chi connectivity index (χ3n) is 13.1. The van der Waals surface area contributed by atoms with Crippen molar-refractivity contribution in [1.82, 2.24) is 19.6 Å². The molecule has 0 radical (unpaired) electrons. The molecule has 1 unspecified atom stereocenters. The number of hydrogen-bond acceptors (Lipinski definition) is 10. The average molecular weight is 1210 g/mol. The molecular formula is C52H78BrCl5Li2N4O8Si2. The summed E-state index contributed by atoms with van der Waals surface area (Å²) < 4.78 is 38.0. The Morgan fingerprint density at radius 2 is 1.41 bits per heavy atom. The van der Waals surface area contributed by atoms with Crippen LogP contribution in [0, 0.1) is 13.0 Å². The number of unbranched alkanes of at least 4 members (excludes halogenated alkanes) is 1. The van der Waals surface area contributed by atoms with E-state index in [-0.39, 0.29) is 53.7 Å². The van der Waals surface area contributed by atoms with Gasteiger partial charge in [0, 0.05) is 44.1 Å². The van der Waals surface area contributed by atoms with Crippen LogP contribution in [0.1, 0.15) is 105 Å². The van der Waals surface area contributed by atoms with Crippen molar-refractivity contribution in [3.8, 4) is 0 Å². The van der Waals surface area contributed by atoms with Gasteiger partial charge in [-0.2, -0.15) is 35.7 Å². The fourth-order valence-electron chi connectivity index (χ4n) is 6.58. The average Bonchev–Trinajstić information content (AvgIpc) is 4.13. The number of carbonyl (C=O) groups excluding carboxylic acids is 1. The molecule has 22 heteroatoms. The summed E-state index contributed by atoms with van der Waals surface area (Å²) in [4.78, 5) is 25.9. The number of benzene rings is 2. The van der Waals surface area contributed by atoms with Gasteiger partial charge in [-0.3, -0.25) is 9.63 Å². The molecule has 12 nitrogen and oxygen atoms in total. The SMILES string of the molecule is C1CCOC1.CC(C)(C)[Si](C)(C)OCCc1[c-]cc(Cl)c(Cl)c1.CC(C)(C)[Si](C)(C)OCCc1cc(Cl)c(Cl)cc1Br.CON(C)C(=O)[C@H]1OC(n2ccc3c(Cl)ncnc32)[C@@H]2OC(C)(C)O[C@H]12.[CH2-]CCC.[Li+].[Li+]. The van der Waals surface area contributed by atoms with Gasteiger partial charge in [0.05, 0.1) is 22.5 Å². The first-order valence-corrected chi connectivity index (χ1v) is 32.9. The summed E-state index contributed by atoms with van der Waals surface area (Å²) in [5.41, 5.74) is 2.77. The van der Waals surface area contributed by atoms with E-state index in [4.69, 9.17) is 90.6 Å². The van der Waals surface area contributed by atoms with Crippen LogP contribution in [0.15, 0.2) is 47.3 Å². The van der Waals surface area contributed by atoms with Gasteiger partial charge >= 0.3 is 37.7 Å². The van der Waals surface area contributed by atoms with Crippen LogP contribution >= 0.6 is 73.9 Å². The molecule has 7 rings (SSSR count). The molecule has 0 spiro atoms. The summed E-state index contributed by atoms with van der Waals surface area (Å²) in [6, 6.07) is 12.2. The number of carbonyl (C=O) groups is 1. The molecule has 3 aliphatic heterocycles. The van der Waals surface area contributed by atoms with E-state index in [9.17, 15) is 4.79 Å². The summed E-state index contributed by atoms with van der Waals surface area (Å²) in [5, 5.41) is 4.93. The maximum Gasteiger partial charge on any atom is 1.00 e. The van der Waals surface area contributed by atoms with Gasteiger partial charge in [-0.15, -0.1) is 17.7 Å². The Morgan fingerprint density at radius 3 is 1.91 bits per heavy atom. The van der Waals surface area contributed by atoms with Crippen molar-refractivity contribution >= 4 is 108 Å². The molecule has 406 valence electrons. The second kappa shape index (κ2) is 32.3. The van der Waals surface area contributed by atoms with Crippen molar-refractivity contribution in [2.75, 3.05) is 40.6 Å². The van der Waals surface area contributed by atoms with Crippen LogP contribution in [-0.4, -0.2) is 107 Å². The van der Waals surface area contributed by atoms with Crippen molar-refractivity contribution in [1.29, 1.82) is 0 Å². The Hall–Kier alpha value is -0.191. The molecule has 3 aliphatic rings. The molecule has 5 heterocycles. The van der Waals surface area contributed by atoms with Crippen LogP contribution < -0.4 is 37.7 Å².